The predicted molar refractivity (Wildman–Crippen MR) is 128 cm³/mol. The second-order valence-corrected chi connectivity index (χ2v) is 8.37. The number of carbonyl (C=O) groups excluding carboxylic acids is 2. The lowest BCUT2D eigenvalue weighted by Crippen LogP contribution is -2.51. The number of halogens is 1. The summed E-state index contributed by atoms with van der Waals surface area (Å²) < 4.78 is 23.8. The van der Waals surface area contributed by atoms with Crippen LogP contribution in [0, 0.1) is 5.82 Å². The third-order valence-electron chi connectivity index (χ3n) is 5.93. The molecule has 7 nitrogen and oxygen atoms in total. The molecule has 1 fully saturated rings. The second-order valence-electron chi connectivity index (χ2n) is 8.37. The molecule has 3 aromatic carbocycles. The number of aliphatic hydroxyl groups is 1. The Labute approximate surface area is 203 Å². The van der Waals surface area contributed by atoms with Gasteiger partial charge in [0.25, 0.3) is 0 Å². The van der Waals surface area contributed by atoms with Gasteiger partial charge in [-0.2, -0.15) is 0 Å². The van der Waals surface area contributed by atoms with E-state index < -0.39 is 12.1 Å². The van der Waals surface area contributed by atoms with Crippen LogP contribution in [-0.2, 0) is 27.3 Å². The van der Waals surface area contributed by atoms with Crippen LogP contribution in [0.1, 0.15) is 22.8 Å². The highest BCUT2D eigenvalue weighted by atomic mass is 19.1. The van der Waals surface area contributed by atoms with Gasteiger partial charge in [-0.05, 0) is 53.1 Å². The van der Waals surface area contributed by atoms with E-state index in [9.17, 15) is 19.1 Å². The number of aliphatic hydroxyl groups excluding tert-OH is 1. The molecule has 0 radical (unpaired) electrons. The van der Waals surface area contributed by atoms with Crippen molar-refractivity contribution in [3.63, 3.8) is 0 Å². The molecule has 2 unspecified atom stereocenters. The Bertz CT molecular complexity index is 1150. The summed E-state index contributed by atoms with van der Waals surface area (Å²) in [4.78, 5) is 26.5. The van der Waals surface area contributed by atoms with Gasteiger partial charge in [0.05, 0.1) is 26.2 Å². The summed E-state index contributed by atoms with van der Waals surface area (Å²) in [6.45, 7) is 0.349. The van der Waals surface area contributed by atoms with E-state index in [0.29, 0.717) is 11.3 Å². The number of nitrogens with zero attached hydrogens (tertiary/aromatic N) is 1. The number of carbonyl (C=O) groups is 2. The molecule has 0 aromatic heterocycles. The molecule has 182 valence electrons. The van der Waals surface area contributed by atoms with Gasteiger partial charge in [0.1, 0.15) is 24.3 Å². The van der Waals surface area contributed by atoms with Crippen LogP contribution in [0.2, 0.25) is 0 Å². The number of anilines is 1. The van der Waals surface area contributed by atoms with E-state index in [2.05, 4.69) is 5.32 Å². The van der Waals surface area contributed by atoms with Gasteiger partial charge in [0, 0.05) is 12.2 Å². The fourth-order valence-electron chi connectivity index (χ4n) is 4.00. The smallest absolute Gasteiger partial charge is 0.249 e. The number of hydrogen-bond acceptors (Lipinski definition) is 5. The molecule has 2 atom stereocenters. The van der Waals surface area contributed by atoms with E-state index >= 15 is 0 Å². The number of methoxy groups -OCH3 is 1. The molecule has 0 spiro atoms. The highest BCUT2D eigenvalue weighted by Gasteiger charge is 2.34. The van der Waals surface area contributed by atoms with E-state index in [-0.39, 0.29) is 43.8 Å². The van der Waals surface area contributed by atoms with Crippen molar-refractivity contribution in [2.45, 2.75) is 25.1 Å². The van der Waals surface area contributed by atoms with Gasteiger partial charge in [-0.3, -0.25) is 9.59 Å². The lowest BCUT2D eigenvalue weighted by molar-refractivity contribution is -0.155. The summed E-state index contributed by atoms with van der Waals surface area (Å²) in [6.07, 6.45) is -0.780. The van der Waals surface area contributed by atoms with Crippen LogP contribution in [0.15, 0.2) is 72.8 Å². The van der Waals surface area contributed by atoms with Gasteiger partial charge in [-0.15, -0.1) is 0 Å². The minimum absolute atomic E-state index is 0.0659. The molecule has 4 rings (SSSR count). The zero-order valence-corrected chi connectivity index (χ0v) is 19.3. The number of hydrogen-bond donors (Lipinski definition) is 2. The highest BCUT2D eigenvalue weighted by molar-refractivity contribution is 5.92. The molecule has 0 bridgehead atoms. The summed E-state index contributed by atoms with van der Waals surface area (Å²) >= 11 is 0. The van der Waals surface area contributed by atoms with Crippen LogP contribution in [0.5, 0.6) is 5.75 Å². The van der Waals surface area contributed by atoms with Gasteiger partial charge in [-0.1, -0.05) is 36.4 Å². The summed E-state index contributed by atoms with van der Waals surface area (Å²) in [5.41, 5.74) is 2.80. The number of rotatable bonds is 8. The molecule has 1 aliphatic rings. The minimum Gasteiger partial charge on any atom is -0.497 e. The third-order valence-corrected chi connectivity index (χ3v) is 5.93. The van der Waals surface area contributed by atoms with Gasteiger partial charge >= 0.3 is 0 Å². The largest absolute Gasteiger partial charge is 0.497 e. The van der Waals surface area contributed by atoms with Crippen LogP contribution in [-0.4, -0.2) is 48.2 Å². The number of nitrogens with one attached hydrogen (secondary N) is 1. The molecule has 0 saturated carbocycles. The molecular formula is C27H27FN2O5. The van der Waals surface area contributed by atoms with Crippen molar-refractivity contribution in [1.29, 1.82) is 0 Å². The van der Waals surface area contributed by atoms with Crippen molar-refractivity contribution in [1.82, 2.24) is 4.90 Å². The van der Waals surface area contributed by atoms with E-state index in [1.165, 1.54) is 12.1 Å². The Morgan fingerprint density at radius 3 is 2.40 bits per heavy atom. The quantitative estimate of drug-likeness (QED) is 0.518. The summed E-state index contributed by atoms with van der Waals surface area (Å²) in [7, 11) is 1.59. The Morgan fingerprint density at radius 2 is 1.74 bits per heavy atom. The average molecular weight is 479 g/mol. The molecule has 1 saturated heterocycles. The van der Waals surface area contributed by atoms with Crippen molar-refractivity contribution in [3.8, 4) is 5.75 Å². The van der Waals surface area contributed by atoms with Crippen molar-refractivity contribution >= 4 is 17.5 Å². The summed E-state index contributed by atoms with van der Waals surface area (Å²) in [5.74, 6) is -0.0355. The molecule has 1 heterocycles. The molecule has 8 heteroatoms. The molecule has 1 aliphatic heterocycles. The van der Waals surface area contributed by atoms with Gasteiger partial charge in [0.2, 0.25) is 11.8 Å². The van der Waals surface area contributed by atoms with Gasteiger partial charge in [0.15, 0.2) is 0 Å². The van der Waals surface area contributed by atoms with Gasteiger partial charge < -0.3 is 24.8 Å². The predicted octanol–water partition coefficient (Wildman–Crippen LogP) is 3.48. The first-order valence-corrected chi connectivity index (χ1v) is 11.3. The van der Waals surface area contributed by atoms with Crippen molar-refractivity contribution in [3.05, 3.63) is 95.3 Å². The van der Waals surface area contributed by atoms with Crippen molar-refractivity contribution in [2.24, 2.45) is 0 Å². The molecule has 35 heavy (non-hydrogen) atoms. The van der Waals surface area contributed by atoms with E-state index in [1.54, 1.807) is 60.5 Å². The first-order chi connectivity index (χ1) is 16.9. The van der Waals surface area contributed by atoms with Crippen molar-refractivity contribution in [2.75, 3.05) is 25.6 Å². The second kappa shape index (κ2) is 11.1. The molecule has 2 N–H and O–H groups in total. The standard InChI is InChI=1S/C27H27FN2O5/c1-34-23-12-4-18(5-13-23)14-25(31)29-22-10-6-20(7-11-22)27(33)24-16-35-17-26(32)30(24)15-19-2-8-21(28)9-3-19/h2-13,24,27,33H,14-17H2,1H3,(H,29,31). The lowest BCUT2D eigenvalue weighted by atomic mass is 9.99. The summed E-state index contributed by atoms with van der Waals surface area (Å²) in [6, 6.07) is 19.4. The van der Waals surface area contributed by atoms with Crippen LogP contribution in [0.4, 0.5) is 10.1 Å². The normalized spacial score (nSPS) is 16.6. The zero-order chi connectivity index (χ0) is 24.8. The molecule has 0 aliphatic carbocycles. The first-order valence-electron chi connectivity index (χ1n) is 11.3. The Kier molecular flexibility index (Phi) is 7.74. The van der Waals surface area contributed by atoms with Gasteiger partial charge in [-0.25, -0.2) is 4.39 Å². The third kappa shape index (κ3) is 6.23. The number of ether oxygens (including phenoxy) is 2. The first kappa shape index (κ1) is 24.4. The lowest BCUT2D eigenvalue weighted by Gasteiger charge is -2.38. The zero-order valence-electron chi connectivity index (χ0n) is 19.3. The SMILES string of the molecule is COc1ccc(CC(=O)Nc2ccc(C(O)C3COCC(=O)N3Cc3ccc(F)cc3)cc2)cc1. The fraction of sp³-hybridized carbons (Fsp3) is 0.259. The topological polar surface area (TPSA) is 88.1 Å². The summed E-state index contributed by atoms with van der Waals surface area (Å²) in [5, 5.41) is 13.9. The fourth-order valence-corrected chi connectivity index (χ4v) is 4.00. The Morgan fingerprint density at radius 1 is 1.09 bits per heavy atom. The number of morpholine rings is 1. The molecule has 2 amide bonds. The van der Waals surface area contributed by atoms with Crippen LogP contribution in [0.25, 0.3) is 0 Å². The van der Waals surface area contributed by atoms with Crippen molar-refractivity contribution < 1.29 is 28.6 Å². The van der Waals surface area contributed by atoms with E-state index in [4.69, 9.17) is 9.47 Å². The number of benzene rings is 3. The Hall–Kier alpha value is -3.75. The maximum Gasteiger partial charge on any atom is 0.249 e. The monoisotopic (exact) mass is 478 g/mol. The van der Waals surface area contributed by atoms with E-state index in [0.717, 1.165) is 16.9 Å². The number of amides is 2. The van der Waals surface area contributed by atoms with Crippen LogP contribution >= 0.6 is 0 Å². The van der Waals surface area contributed by atoms with E-state index in [1.807, 2.05) is 12.1 Å². The maximum absolute atomic E-state index is 13.2. The molecule has 3 aromatic rings. The minimum atomic E-state index is -0.997. The van der Waals surface area contributed by atoms with Crippen LogP contribution in [0.3, 0.4) is 0 Å². The van der Waals surface area contributed by atoms with Crippen LogP contribution < -0.4 is 10.1 Å². The molecular weight excluding hydrogens is 451 g/mol. The maximum atomic E-state index is 13.2. The highest BCUT2D eigenvalue weighted by Crippen LogP contribution is 2.27. The Balaban J connectivity index is 1.39. The average Bonchev–Trinajstić information content (AvgIpc) is 2.87.